The maximum absolute atomic E-state index is 11.1. The average Bonchev–Trinajstić information content (AvgIpc) is 2.47. The fourth-order valence-corrected chi connectivity index (χ4v) is 2.46. The molecule has 0 atom stereocenters. The normalized spacial score (nSPS) is 10.4. The summed E-state index contributed by atoms with van der Waals surface area (Å²) in [5.41, 5.74) is 9.02. The Bertz CT molecular complexity index is 640. The highest BCUT2D eigenvalue weighted by atomic mass is 35.5. The monoisotopic (exact) mass is 302 g/mol. The molecule has 0 aromatic heterocycles. The van der Waals surface area contributed by atoms with Gasteiger partial charge in [0.15, 0.2) is 0 Å². The van der Waals surface area contributed by atoms with E-state index in [-0.39, 0.29) is 0 Å². The van der Waals surface area contributed by atoms with Crippen molar-refractivity contribution in [1.82, 2.24) is 0 Å². The van der Waals surface area contributed by atoms with E-state index in [0.29, 0.717) is 17.1 Å². The molecule has 0 aliphatic carbocycles. The molecule has 0 saturated carbocycles. The second-order valence-corrected chi connectivity index (χ2v) is 5.34. The van der Waals surface area contributed by atoms with E-state index in [1.807, 2.05) is 18.2 Å². The molecule has 0 saturated heterocycles. The van der Waals surface area contributed by atoms with Crippen LogP contribution in [-0.4, -0.2) is 5.91 Å². The standard InChI is InChI=1S/C17H19ClN2O/c1-2-5-12-6-3-4-7-16(12)20-11-14-9-8-13(17(19)21)10-15(14)18/h3-4,6-10,20H,2,5,11H2,1H3,(H2,19,21). The minimum Gasteiger partial charge on any atom is -0.381 e. The second-order valence-electron chi connectivity index (χ2n) is 4.93. The summed E-state index contributed by atoms with van der Waals surface area (Å²) in [5.74, 6) is -0.468. The number of rotatable bonds is 6. The third-order valence-corrected chi connectivity index (χ3v) is 3.70. The van der Waals surface area contributed by atoms with E-state index >= 15 is 0 Å². The zero-order valence-electron chi connectivity index (χ0n) is 12.0. The Morgan fingerprint density at radius 2 is 1.95 bits per heavy atom. The van der Waals surface area contributed by atoms with E-state index < -0.39 is 5.91 Å². The number of hydrogen-bond acceptors (Lipinski definition) is 2. The molecule has 3 N–H and O–H groups in total. The maximum Gasteiger partial charge on any atom is 0.248 e. The van der Waals surface area contributed by atoms with Crippen LogP contribution < -0.4 is 11.1 Å². The van der Waals surface area contributed by atoms with Crippen LogP contribution in [0.3, 0.4) is 0 Å². The summed E-state index contributed by atoms with van der Waals surface area (Å²) < 4.78 is 0. The molecule has 0 fully saturated rings. The van der Waals surface area contributed by atoms with Crippen LogP contribution >= 0.6 is 11.6 Å². The summed E-state index contributed by atoms with van der Waals surface area (Å²) >= 11 is 6.19. The van der Waals surface area contributed by atoms with Gasteiger partial charge in [0.25, 0.3) is 0 Å². The van der Waals surface area contributed by atoms with E-state index in [1.165, 1.54) is 5.56 Å². The number of amides is 1. The lowest BCUT2D eigenvalue weighted by Crippen LogP contribution is -2.11. The second kappa shape index (κ2) is 7.14. The van der Waals surface area contributed by atoms with Crippen molar-refractivity contribution >= 4 is 23.2 Å². The van der Waals surface area contributed by atoms with Crippen molar-refractivity contribution < 1.29 is 4.79 Å². The Morgan fingerprint density at radius 3 is 2.62 bits per heavy atom. The van der Waals surface area contributed by atoms with Crippen molar-refractivity contribution in [2.24, 2.45) is 5.73 Å². The lowest BCUT2D eigenvalue weighted by atomic mass is 10.1. The number of primary amides is 1. The molecule has 1 amide bonds. The number of benzene rings is 2. The van der Waals surface area contributed by atoms with Gasteiger partial charge in [-0.3, -0.25) is 4.79 Å². The van der Waals surface area contributed by atoms with Crippen molar-refractivity contribution in [3.63, 3.8) is 0 Å². The minimum absolute atomic E-state index is 0.426. The van der Waals surface area contributed by atoms with Crippen molar-refractivity contribution in [2.75, 3.05) is 5.32 Å². The summed E-state index contributed by atoms with van der Waals surface area (Å²) in [6, 6.07) is 13.4. The Labute approximate surface area is 130 Å². The number of hydrogen-bond donors (Lipinski definition) is 2. The zero-order chi connectivity index (χ0) is 15.2. The van der Waals surface area contributed by atoms with E-state index in [2.05, 4.69) is 24.4 Å². The van der Waals surface area contributed by atoms with E-state index in [1.54, 1.807) is 12.1 Å². The zero-order valence-corrected chi connectivity index (χ0v) is 12.8. The van der Waals surface area contributed by atoms with Gasteiger partial charge in [0, 0.05) is 22.8 Å². The van der Waals surface area contributed by atoms with Gasteiger partial charge in [0.1, 0.15) is 0 Å². The molecule has 4 heteroatoms. The first kappa shape index (κ1) is 15.4. The number of nitrogens with one attached hydrogen (secondary N) is 1. The van der Waals surface area contributed by atoms with Crippen molar-refractivity contribution in [2.45, 2.75) is 26.3 Å². The molecule has 0 bridgehead atoms. The Balaban J connectivity index is 2.11. The molecule has 110 valence electrons. The Hall–Kier alpha value is -2.00. The lowest BCUT2D eigenvalue weighted by Gasteiger charge is -2.12. The minimum atomic E-state index is -0.468. The maximum atomic E-state index is 11.1. The Morgan fingerprint density at radius 1 is 1.19 bits per heavy atom. The van der Waals surface area contributed by atoms with Crippen LogP contribution in [0.2, 0.25) is 5.02 Å². The fourth-order valence-electron chi connectivity index (χ4n) is 2.21. The SMILES string of the molecule is CCCc1ccccc1NCc1ccc(C(N)=O)cc1Cl. The van der Waals surface area contributed by atoms with Crippen molar-refractivity contribution in [1.29, 1.82) is 0 Å². The smallest absolute Gasteiger partial charge is 0.248 e. The summed E-state index contributed by atoms with van der Waals surface area (Å²) in [7, 11) is 0. The molecule has 21 heavy (non-hydrogen) atoms. The molecule has 2 rings (SSSR count). The van der Waals surface area contributed by atoms with Gasteiger partial charge in [-0.15, -0.1) is 0 Å². The number of anilines is 1. The first-order valence-electron chi connectivity index (χ1n) is 7.01. The predicted octanol–water partition coefficient (Wildman–Crippen LogP) is 4.00. The van der Waals surface area contributed by atoms with Gasteiger partial charge in [0.05, 0.1) is 0 Å². The molecule has 2 aromatic carbocycles. The predicted molar refractivity (Wildman–Crippen MR) is 87.7 cm³/mol. The van der Waals surface area contributed by atoms with E-state index in [9.17, 15) is 4.79 Å². The van der Waals surface area contributed by atoms with Crippen LogP contribution in [0.15, 0.2) is 42.5 Å². The van der Waals surface area contributed by atoms with Crippen LogP contribution in [0.25, 0.3) is 0 Å². The molecule has 0 spiro atoms. The fraction of sp³-hybridized carbons (Fsp3) is 0.235. The van der Waals surface area contributed by atoms with Gasteiger partial charge in [-0.1, -0.05) is 49.2 Å². The third kappa shape index (κ3) is 3.99. The number of carbonyl (C=O) groups is 1. The van der Waals surface area contributed by atoms with E-state index in [4.69, 9.17) is 17.3 Å². The number of para-hydroxylation sites is 1. The molecule has 0 aliphatic rings. The Kier molecular flexibility index (Phi) is 5.23. The highest BCUT2D eigenvalue weighted by Crippen LogP contribution is 2.21. The van der Waals surface area contributed by atoms with Crippen LogP contribution in [0.5, 0.6) is 0 Å². The van der Waals surface area contributed by atoms with Crippen LogP contribution in [-0.2, 0) is 13.0 Å². The van der Waals surface area contributed by atoms with Gasteiger partial charge in [-0.2, -0.15) is 0 Å². The molecule has 0 aliphatic heterocycles. The molecule has 2 aromatic rings. The molecular weight excluding hydrogens is 284 g/mol. The average molecular weight is 303 g/mol. The van der Waals surface area contributed by atoms with Gasteiger partial charge < -0.3 is 11.1 Å². The van der Waals surface area contributed by atoms with Crippen LogP contribution in [0.4, 0.5) is 5.69 Å². The lowest BCUT2D eigenvalue weighted by molar-refractivity contribution is 0.100. The van der Waals surface area contributed by atoms with Gasteiger partial charge in [-0.05, 0) is 35.7 Å². The van der Waals surface area contributed by atoms with Gasteiger partial charge >= 0.3 is 0 Å². The van der Waals surface area contributed by atoms with Crippen molar-refractivity contribution in [3.8, 4) is 0 Å². The van der Waals surface area contributed by atoms with Crippen LogP contribution in [0.1, 0.15) is 34.8 Å². The number of nitrogens with two attached hydrogens (primary N) is 1. The summed E-state index contributed by atoms with van der Waals surface area (Å²) in [6.45, 7) is 2.77. The number of halogens is 1. The molecular formula is C17H19ClN2O. The molecule has 0 unspecified atom stereocenters. The number of aryl methyl sites for hydroxylation is 1. The first-order chi connectivity index (χ1) is 10.1. The molecule has 0 heterocycles. The quantitative estimate of drug-likeness (QED) is 0.847. The largest absolute Gasteiger partial charge is 0.381 e. The summed E-state index contributed by atoms with van der Waals surface area (Å²) in [4.78, 5) is 11.1. The van der Waals surface area contributed by atoms with Crippen LogP contribution in [0, 0.1) is 0 Å². The van der Waals surface area contributed by atoms with E-state index in [0.717, 1.165) is 24.1 Å². The molecule has 3 nitrogen and oxygen atoms in total. The van der Waals surface area contributed by atoms with Gasteiger partial charge in [-0.25, -0.2) is 0 Å². The summed E-state index contributed by atoms with van der Waals surface area (Å²) in [5, 5.41) is 3.95. The first-order valence-corrected chi connectivity index (χ1v) is 7.39. The topological polar surface area (TPSA) is 55.1 Å². The highest BCUT2D eigenvalue weighted by Gasteiger charge is 2.06. The van der Waals surface area contributed by atoms with Crippen molar-refractivity contribution in [3.05, 3.63) is 64.2 Å². The summed E-state index contributed by atoms with van der Waals surface area (Å²) in [6.07, 6.45) is 2.14. The highest BCUT2D eigenvalue weighted by molar-refractivity contribution is 6.31. The number of carbonyl (C=O) groups excluding carboxylic acids is 1. The van der Waals surface area contributed by atoms with Gasteiger partial charge in [0.2, 0.25) is 5.91 Å². The molecule has 0 radical (unpaired) electrons. The third-order valence-electron chi connectivity index (χ3n) is 3.34.